The molecule has 1 aliphatic heterocycles. The maximum absolute atomic E-state index is 12.8. The van der Waals surface area contributed by atoms with Crippen LogP contribution < -0.4 is 5.32 Å². The van der Waals surface area contributed by atoms with E-state index in [-0.39, 0.29) is 16.8 Å². The number of nitrogens with zero attached hydrogens (tertiary/aromatic N) is 4. The van der Waals surface area contributed by atoms with Crippen LogP contribution in [0.1, 0.15) is 20.3 Å². The number of amides is 1. The summed E-state index contributed by atoms with van der Waals surface area (Å²) in [4.78, 5) is 14.2. The maximum atomic E-state index is 12.8. The first kappa shape index (κ1) is 18.7. The molecular weight excluding hydrogens is 356 g/mol. The smallest absolute Gasteiger partial charge is 0.243 e. The van der Waals surface area contributed by atoms with Crippen molar-refractivity contribution in [1.29, 1.82) is 0 Å². The molecule has 2 N–H and O–H groups in total. The molecule has 142 valence electrons. The minimum Gasteiger partial charge on any atom is -0.353 e. The number of H-pyrrole nitrogens is 1. The zero-order valence-corrected chi connectivity index (χ0v) is 15.8. The highest BCUT2D eigenvalue weighted by molar-refractivity contribution is 7.89. The van der Waals surface area contributed by atoms with Gasteiger partial charge in [-0.05, 0) is 31.5 Å². The molecular formula is C16H24N6O3S. The first-order chi connectivity index (χ1) is 12.4. The van der Waals surface area contributed by atoms with Crippen LogP contribution in [-0.4, -0.2) is 77.7 Å². The summed E-state index contributed by atoms with van der Waals surface area (Å²) >= 11 is 0. The van der Waals surface area contributed by atoms with Gasteiger partial charge >= 0.3 is 0 Å². The Bertz CT molecular complexity index is 873. The first-order valence-electron chi connectivity index (χ1n) is 8.72. The number of aromatic amines is 1. The van der Waals surface area contributed by atoms with E-state index in [1.807, 2.05) is 18.7 Å². The highest BCUT2D eigenvalue weighted by atomic mass is 32.2. The fourth-order valence-corrected chi connectivity index (χ4v) is 4.33. The van der Waals surface area contributed by atoms with Gasteiger partial charge in [0.05, 0.1) is 11.4 Å². The lowest BCUT2D eigenvalue weighted by atomic mass is 10.2. The van der Waals surface area contributed by atoms with Gasteiger partial charge in [-0.2, -0.15) is 19.7 Å². The Morgan fingerprint density at radius 3 is 2.62 bits per heavy atom. The quantitative estimate of drug-likeness (QED) is 0.739. The molecule has 0 bridgehead atoms. The Morgan fingerprint density at radius 2 is 1.92 bits per heavy atom. The molecule has 0 spiro atoms. The third-order valence-corrected chi connectivity index (χ3v) is 6.54. The highest BCUT2D eigenvalue weighted by Gasteiger charge is 2.29. The molecule has 1 fully saturated rings. The van der Waals surface area contributed by atoms with Crippen molar-refractivity contribution in [3.05, 3.63) is 18.2 Å². The van der Waals surface area contributed by atoms with E-state index >= 15 is 0 Å². The van der Waals surface area contributed by atoms with Crippen LogP contribution in [0.5, 0.6) is 0 Å². The van der Waals surface area contributed by atoms with Crippen LogP contribution in [0.3, 0.4) is 0 Å². The second-order valence-electron chi connectivity index (χ2n) is 6.53. The number of carbonyl (C=O) groups excluding carboxylic acids is 1. The molecule has 1 aromatic heterocycles. The van der Waals surface area contributed by atoms with Crippen LogP contribution in [0.15, 0.2) is 23.1 Å². The topological polar surface area (TPSA) is 111 Å². The van der Waals surface area contributed by atoms with Gasteiger partial charge in [-0.1, -0.05) is 6.92 Å². The number of sulfonamides is 1. The summed E-state index contributed by atoms with van der Waals surface area (Å²) in [7, 11) is -3.58. The fourth-order valence-electron chi connectivity index (χ4n) is 2.88. The summed E-state index contributed by atoms with van der Waals surface area (Å²) in [6.07, 6.45) is 0.883. The lowest BCUT2D eigenvalue weighted by Gasteiger charge is -2.33. The van der Waals surface area contributed by atoms with E-state index < -0.39 is 10.0 Å². The van der Waals surface area contributed by atoms with E-state index in [0.717, 1.165) is 6.42 Å². The number of carbonyl (C=O) groups is 1. The lowest BCUT2D eigenvalue weighted by molar-refractivity contribution is -0.123. The van der Waals surface area contributed by atoms with E-state index in [9.17, 15) is 13.2 Å². The SMILES string of the molecule is CC[C@H](C)NC(=O)CN1CCN(S(=O)(=O)c2ccc3n[nH]nc3c2)CC1. The minimum absolute atomic E-state index is 0.0212. The van der Waals surface area contributed by atoms with Crippen molar-refractivity contribution in [2.24, 2.45) is 0 Å². The fraction of sp³-hybridized carbons (Fsp3) is 0.562. The van der Waals surface area contributed by atoms with Gasteiger partial charge in [0.1, 0.15) is 11.0 Å². The molecule has 1 atom stereocenters. The molecule has 1 amide bonds. The zero-order chi connectivity index (χ0) is 18.7. The standard InChI is InChI=1S/C16H24N6O3S/c1-3-12(2)17-16(23)11-21-6-8-22(9-7-21)26(24,25)13-4-5-14-15(10-13)19-20-18-14/h4-5,10,12H,3,6-9,11H2,1-2H3,(H,17,23)(H,18,19,20)/t12-/m0/s1. The maximum Gasteiger partial charge on any atom is 0.243 e. The van der Waals surface area contributed by atoms with Crippen molar-refractivity contribution >= 4 is 27.0 Å². The van der Waals surface area contributed by atoms with Crippen molar-refractivity contribution in [3.63, 3.8) is 0 Å². The summed E-state index contributed by atoms with van der Waals surface area (Å²) in [5.41, 5.74) is 1.15. The molecule has 2 aromatic rings. The zero-order valence-electron chi connectivity index (χ0n) is 15.0. The molecule has 3 rings (SSSR count). The van der Waals surface area contributed by atoms with E-state index in [2.05, 4.69) is 20.7 Å². The summed E-state index contributed by atoms with van der Waals surface area (Å²) in [5.74, 6) is -0.0212. The average molecular weight is 380 g/mol. The Balaban J connectivity index is 1.60. The molecule has 9 nitrogen and oxygen atoms in total. The van der Waals surface area contributed by atoms with Crippen LogP contribution in [0.4, 0.5) is 0 Å². The predicted octanol–water partition coefficient (Wildman–Crippen LogP) is 0.179. The van der Waals surface area contributed by atoms with Crippen LogP contribution >= 0.6 is 0 Å². The van der Waals surface area contributed by atoms with E-state index in [4.69, 9.17) is 0 Å². The van der Waals surface area contributed by atoms with Gasteiger partial charge in [0, 0.05) is 32.2 Å². The number of piperazine rings is 1. The molecule has 1 aliphatic rings. The number of fused-ring (bicyclic) bond motifs is 1. The number of aromatic nitrogens is 3. The number of nitrogens with one attached hydrogen (secondary N) is 2. The number of benzene rings is 1. The Hall–Kier alpha value is -2.04. The van der Waals surface area contributed by atoms with Gasteiger partial charge in [-0.3, -0.25) is 9.69 Å². The van der Waals surface area contributed by atoms with Crippen molar-refractivity contribution in [2.45, 2.75) is 31.2 Å². The largest absolute Gasteiger partial charge is 0.353 e. The van der Waals surface area contributed by atoms with E-state index in [0.29, 0.717) is 43.8 Å². The number of hydrogen-bond donors (Lipinski definition) is 2. The summed E-state index contributed by atoms with van der Waals surface area (Å²) in [6.45, 7) is 6.05. The molecule has 26 heavy (non-hydrogen) atoms. The van der Waals surface area contributed by atoms with E-state index in [1.54, 1.807) is 12.1 Å². The van der Waals surface area contributed by atoms with Crippen molar-refractivity contribution in [3.8, 4) is 0 Å². The van der Waals surface area contributed by atoms with Gasteiger partial charge in [-0.15, -0.1) is 0 Å². The third kappa shape index (κ3) is 4.02. The molecule has 0 aliphatic carbocycles. The van der Waals surface area contributed by atoms with Crippen LogP contribution in [0.2, 0.25) is 0 Å². The molecule has 0 unspecified atom stereocenters. The first-order valence-corrected chi connectivity index (χ1v) is 10.2. The molecule has 2 heterocycles. The van der Waals surface area contributed by atoms with Gasteiger partial charge in [0.25, 0.3) is 0 Å². The van der Waals surface area contributed by atoms with Crippen LogP contribution in [0, 0.1) is 0 Å². The molecule has 0 saturated carbocycles. The Labute approximate surface area is 152 Å². The predicted molar refractivity (Wildman–Crippen MR) is 97.0 cm³/mol. The van der Waals surface area contributed by atoms with Crippen molar-refractivity contribution < 1.29 is 13.2 Å². The summed E-state index contributed by atoms with van der Waals surface area (Å²) in [6, 6.07) is 4.86. The van der Waals surface area contributed by atoms with Crippen molar-refractivity contribution in [2.75, 3.05) is 32.7 Å². The van der Waals surface area contributed by atoms with Gasteiger partial charge in [0.2, 0.25) is 15.9 Å². The van der Waals surface area contributed by atoms with Crippen molar-refractivity contribution in [1.82, 2.24) is 29.9 Å². The minimum atomic E-state index is -3.58. The second-order valence-corrected chi connectivity index (χ2v) is 8.47. The monoisotopic (exact) mass is 380 g/mol. The second kappa shape index (κ2) is 7.68. The molecule has 10 heteroatoms. The Morgan fingerprint density at radius 1 is 1.23 bits per heavy atom. The Kier molecular flexibility index (Phi) is 5.54. The van der Waals surface area contributed by atoms with Crippen LogP contribution in [0.25, 0.3) is 11.0 Å². The molecule has 0 radical (unpaired) electrons. The lowest BCUT2D eigenvalue weighted by Crippen LogP contribution is -2.51. The van der Waals surface area contributed by atoms with Gasteiger partial charge < -0.3 is 5.32 Å². The normalized spacial score (nSPS) is 18.1. The third-order valence-electron chi connectivity index (χ3n) is 4.64. The van der Waals surface area contributed by atoms with Crippen LogP contribution in [-0.2, 0) is 14.8 Å². The number of rotatable bonds is 6. The summed E-state index contributed by atoms with van der Waals surface area (Å²) < 4.78 is 27.1. The number of hydrogen-bond acceptors (Lipinski definition) is 6. The highest BCUT2D eigenvalue weighted by Crippen LogP contribution is 2.20. The molecule has 1 aromatic carbocycles. The van der Waals surface area contributed by atoms with Gasteiger partial charge in [-0.25, -0.2) is 8.42 Å². The average Bonchev–Trinajstić information content (AvgIpc) is 3.09. The summed E-state index contributed by atoms with van der Waals surface area (Å²) in [5, 5.41) is 13.3. The van der Waals surface area contributed by atoms with E-state index in [1.165, 1.54) is 10.4 Å². The molecule has 1 saturated heterocycles. The van der Waals surface area contributed by atoms with Gasteiger partial charge in [0.15, 0.2) is 0 Å².